The molecule has 0 bridgehead atoms. The lowest BCUT2D eigenvalue weighted by Gasteiger charge is -2.12. The molecule has 0 radical (unpaired) electrons. The zero-order chi connectivity index (χ0) is 23.3. The van der Waals surface area contributed by atoms with E-state index in [-0.39, 0.29) is 11.5 Å². The molecule has 0 fully saturated rings. The van der Waals surface area contributed by atoms with Crippen LogP contribution in [-0.2, 0) is 30.3 Å². The number of aryl methyl sites for hydroxylation is 2. The van der Waals surface area contributed by atoms with Crippen molar-refractivity contribution in [3.8, 4) is 11.5 Å². The van der Waals surface area contributed by atoms with E-state index in [0.717, 1.165) is 11.1 Å². The van der Waals surface area contributed by atoms with E-state index in [1.54, 1.807) is 30.3 Å². The summed E-state index contributed by atoms with van der Waals surface area (Å²) in [5.74, 6) is -0.208. The molecule has 0 N–H and O–H groups in total. The lowest BCUT2D eigenvalue weighted by molar-refractivity contribution is -0.132. The van der Waals surface area contributed by atoms with Crippen LogP contribution in [0.4, 0.5) is 0 Å². The van der Waals surface area contributed by atoms with E-state index in [4.69, 9.17) is 13.7 Å². The minimum atomic E-state index is -3.81. The minimum absolute atomic E-state index is 0.0263. The SMILES string of the molecule is CC(=O)Oc1ccc(OC(C)=O)c2cc(CCCOS(=O)(=O)c3ccc(C)cc3)ccc12. The van der Waals surface area contributed by atoms with Crippen molar-refractivity contribution in [3.63, 3.8) is 0 Å². The van der Waals surface area contributed by atoms with Gasteiger partial charge in [-0.3, -0.25) is 13.8 Å². The van der Waals surface area contributed by atoms with Gasteiger partial charge in [-0.05, 0) is 55.7 Å². The number of hydrogen-bond donors (Lipinski definition) is 0. The number of fused-ring (bicyclic) bond motifs is 1. The Morgan fingerprint density at radius 3 is 2.00 bits per heavy atom. The zero-order valence-electron chi connectivity index (χ0n) is 18.1. The quantitative estimate of drug-likeness (QED) is 0.215. The Morgan fingerprint density at radius 2 is 1.41 bits per heavy atom. The number of carbonyl (C=O) groups is 2. The van der Waals surface area contributed by atoms with Gasteiger partial charge in [-0.1, -0.05) is 29.8 Å². The molecule has 0 spiro atoms. The van der Waals surface area contributed by atoms with Gasteiger partial charge in [0, 0.05) is 24.6 Å². The maximum absolute atomic E-state index is 12.3. The average Bonchev–Trinajstić information content (AvgIpc) is 2.72. The highest BCUT2D eigenvalue weighted by atomic mass is 32.2. The predicted octanol–water partition coefficient (Wildman–Crippen LogP) is 4.34. The molecule has 3 aromatic carbocycles. The molecule has 168 valence electrons. The van der Waals surface area contributed by atoms with Crippen molar-refractivity contribution in [2.75, 3.05) is 6.61 Å². The molecule has 0 aliphatic carbocycles. The fourth-order valence-corrected chi connectivity index (χ4v) is 4.14. The van der Waals surface area contributed by atoms with Crippen LogP contribution in [0.5, 0.6) is 11.5 Å². The minimum Gasteiger partial charge on any atom is -0.426 e. The lowest BCUT2D eigenvalue weighted by atomic mass is 10.0. The molecular formula is C24H24O7S. The van der Waals surface area contributed by atoms with Gasteiger partial charge >= 0.3 is 11.9 Å². The molecule has 0 saturated carbocycles. The Balaban J connectivity index is 1.73. The second kappa shape index (κ2) is 9.93. The Bertz CT molecular complexity index is 1250. The monoisotopic (exact) mass is 456 g/mol. The standard InChI is InChI=1S/C24H24O7S/c1-16-6-9-20(10-7-16)32(27,28)29-14-4-5-19-8-11-21-22(15-19)24(31-18(3)26)13-12-23(21)30-17(2)25/h6-13,15H,4-5,14H2,1-3H3. The summed E-state index contributed by atoms with van der Waals surface area (Å²) in [5, 5.41) is 1.24. The van der Waals surface area contributed by atoms with E-state index >= 15 is 0 Å². The number of carbonyl (C=O) groups excluding carboxylic acids is 2. The molecule has 3 rings (SSSR count). The summed E-state index contributed by atoms with van der Waals surface area (Å²) in [6.45, 7) is 4.52. The number of ether oxygens (including phenoxy) is 2. The molecule has 0 unspecified atom stereocenters. The topological polar surface area (TPSA) is 96.0 Å². The van der Waals surface area contributed by atoms with Crippen molar-refractivity contribution in [2.45, 2.75) is 38.5 Å². The van der Waals surface area contributed by atoms with Crippen LogP contribution >= 0.6 is 0 Å². The van der Waals surface area contributed by atoms with E-state index in [1.807, 2.05) is 19.1 Å². The maximum Gasteiger partial charge on any atom is 0.308 e. The smallest absolute Gasteiger partial charge is 0.308 e. The molecule has 32 heavy (non-hydrogen) atoms. The van der Waals surface area contributed by atoms with Crippen molar-refractivity contribution >= 4 is 32.8 Å². The fourth-order valence-electron chi connectivity index (χ4n) is 3.20. The first-order chi connectivity index (χ1) is 15.2. The van der Waals surface area contributed by atoms with Gasteiger partial charge in [0.25, 0.3) is 10.1 Å². The van der Waals surface area contributed by atoms with Crippen LogP contribution in [0, 0.1) is 6.92 Å². The molecule has 0 atom stereocenters. The van der Waals surface area contributed by atoms with E-state index in [0.29, 0.717) is 35.1 Å². The molecule has 0 amide bonds. The number of esters is 2. The Hall–Kier alpha value is -3.23. The maximum atomic E-state index is 12.3. The summed E-state index contributed by atoms with van der Waals surface area (Å²) in [4.78, 5) is 23.0. The van der Waals surface area contributed by atoms with Crippen molar-refractivity contribution in [3.05, 3.63) is 65.7 Å². The second-order valence-corrected chi connectivity index (χ2v) is 8.94. The van der Waals surface area contributed by atoms with Gasteiger partial charge in [0.05, 0.1) is 11.5 Å². The Morgan fingerprint density at radius 1 is 0.812 bits per heavy atom. The largest absolute Gasteiger partial charge is 0.426 e. The average molecular weight is 457 g/mol. The third-order valence-corrected chi connectivity index (χ3v) is 5.99. The lowest BCUT2D eigenvalue weighted by Crippen LogP contribution is -2.08. The normalized spacial score (nSPS) is 11.3. The molecule has 3 aromatic rings. The highest BCUT2D eigenvalue weighted by Crippen LogP contribution is 2.34. The van der Waals surface area contributed by atoms with Crippen LogP contribution in [0.25, 0.3) is 10.8 Å². The van der Waals surface area contributed by atoms with E-state index < -0.39 is 22.1 Å². The molecule has 0 saturated heterocycles. The summed E-state index contributed by atoms with van der Waals surface area (Å²) in [6, 6.07) is 15.1. The summed E-state index contributed by atoms with van der Waals surface area (Å²) in [7, 11) is -3.81. The molecule has 0 heterocycles. The molecule has 0 aliphatic rings. The van der Waals surface area contributed by atoms with Gasteiger partial charge in [-0.15, -0.1) is 0 Å². The van der Waals surface area contributed by atoms with Crippen LogP contribution in [-0.4, -0.2) is 27.0 Å². The van der Waals surface area contributed by atoms with Crippen molar-refractivity contribution in [1.82, 2.24) is 0 Å². The van der Waals surface area contributed by atoms with Crippen LogP contribution in [0.2, 0.25) is 0 Å². The summed E-state index contributed by atoms with van der Waals surface area (Å²) < 4.78 is 40.3. The first-order valence-electron chi connectivity index (χ1n) is 10.0. The summed E-state index contributed by atoms with van der Waals surface area (Å²) in [6.07, 6.45) is 1.000. The van der Waals surface area contributed by atoms with Crippen molar-refractivity contribution in [1.29, 1.82) is 0 Å². The number of rotatable bonds is 8. The number of benzene rings is 3. The van der Waals surface area contributed by atoms with Crippen LogP contribution in [0.1, 0.15) is 31.4 Å². The second-order valence-electron chi connectivity index (χ2n) is 7.32. The molecule has 0 aliphatic heterocycles. The first-order valence-corrected chi connectivity index (χ1v) is 11.4. The van der Waals surface area contributed by atoms with Gasteiger partial charge in [0.15, 0.2) is 0 Å². The van der Waals surface area contributed by atoms with Crippen LogP contribution < -0.4 is 9.47 Å². The van der Waals surface area contributed by atoms with E-state index in [2.05, 4.69) is 0 Å². The summed E-state index contributed by atoms with van der Waals surface area (Å²) in [5.41, 5.74) is 1.85. The van der Waals surface area contributed by atoms with E-state index in [9.17, 15) is 18.0 Å². The van der Waals surface area contributed by atoms with Gasteiger partial charge in [0.1, 0.15) is 11.5 Å². The Kier molecular flexibility index (Phi) is 7.27. The highest BCUT2D eigenvalue weighted by Gasteiger charge is 2.15. The van der Waals surface area contributed by atoms with Gasteiger partial charge in [0.2, 0.25) is 0 Å². The van der Waals surface area contributed by atoms with Gasteiger partial charge < -0.3 is 9.47 Å². The molecular weight excluding hydrogens is 432 g/mol. The van der Waals surface area contributed by atoms with Crippen molar-refractivity contribution in [2.24, 2.45) is 0 Å². The van der Waals surface area contributed by atoms with Crippen molar-refractivity contribution < 1.29 is 31.7 Å². The Labute approximate surface area is 187 Å². The molecule has 8 heteroatoms. The van der Waals surface area contributed by atoms with Gasteiger partial charge in [-0.2, -0.15) is 8.42 Å². The zero-order valence-corrected chi connectivity index (χ0v) is 18.9. The highest BCUT2D eigenvalue weighted by molar-refractivity contribution is 7.86. The molecule has 0 aromatic heterocycles. The molecule has 7 nitrogen and oxygen atoms in total. The van der Waals surface area contributed by atoms with Crippen LogP contribution in [0.15, 0.2) is 59.5 Å². The van der Waals surface area contributed by atoms with E-state index in [1.165, 1.54) is 26.0 Å². The summed E-state index contributed by atoms with van der Waals surface area (Å²) >= 11 is 0. The third kappa shape index (κ3) is 5.93. The van der Waals surface area contributed by atoms with Crippen LogP contribution in [0.3, 0.4) is 0 Å². The third-order valence-electron chi connectivity index (χ3n) is 4.67. The van der Waals surface area contributed by atoms with Gasteiger partial charge in [-0.25, -0.2) is 0 Å². The predicted molar refractivity (Wildman–Crippen MR) is 119 cm³/mol. The first kappa shape index (κ1) is 23.4. The fraction of sp³-hybridized carbons (Fsp3) is 0.250. The number of hydrogen-bond acceptors (Lipinski definition) is 7.